The Kier molecular flexibility index (Phi) is 4.67. The fourth-order valence-corrected chi connectivity index (χ4v) is 4.78. The second kappa shape index (κ2) is 7.37. The number of halogens is 1. The van der Waals surface area contributed by atoms with Crippen molar-refractivity contribution in [1.82, 2.24) is 8.97 Å². The molecule has 4 aromatic rings. The van der Waals surface area contributed by atoms with Gasteiger partial charge in [-0.1, -0.05) is 35.9 Å². The number of benzene rings is 2. The number of imidazole rings is 1. The lowest BCUT2D eigenvalue weighted by atomic mass is 9.97. The number of ether oxygens (including phenoxy) is 1. The third kappa shape index (κ3) is 2.94. The molecule has 5 heteroatoms. The van der Waals surface area contributed by atoms with Crippen molar-refractivity contribution in [3.05, 3.63) is 71.0 Å². The highest BCUT2D eigenvalue weighted by Gasteiger charge is 2.28. The minimum Gasteiger partial charge on any atom is -0.497 e. The summed E-state index contributed by atoms with van der Waals surface area (Å²) in [5.41, 5.74) is 7.47. The van der Waals surface area contributed by atoms with E-state index in [9.17, 15) is 4.79 Å². The Morgan fingerprint density at radius 1 is 1.00 bits per heavy atom. The summed E-state index contributed by atoms with van der Waals surface area (Å²) in [5, 5.41) is 0.722. The average Bonchev–Trinajstić information content (AvgIpc) is 3.17. The van der Waals surface area contributed by atoms with E-state index in [2.05, 4.69) is 15.2 Å². The van der Waals surface area contributed by atoms with Crippen molar-refractivity contribution in [2.24, 2.45) is 0 Å². The van der Waals surface area contributed by atoms with E-state index >= 15 is 0 Å². The van der Waals surface area contributed by atoms with E-state index in [1.54, 1.807) is 14.0 Å². The minimum absolute atomic E-state index is 0.0717. The van der Waals surface area contributed by atoms with Crippen LogP contribution in [0.15, 0.2) is 54.7 Å². The van der Waals surface area contributed by atoms with Gasteiger partial charge in [-0.25, -0.2) is 0 Å². The van der Waals surface area contributed by atoms with Gasteiger partial charge in [0.15, 0.2) is 5.78 Å². The molecule has 4 nitrogen and oxygen atoms in total. The summed E-state index contributed by atoms with van der Waals surface area (Å²) < 4.78 is 9.79. The molecular weight excluding hydrogens is 396 g/mol. The zero-order chi connectivity index (χ0) is 20.8. The van der Waals surface area contributed by atoms with Gasteiger partial charge in [-0.05, 0) is 54.7 Å². The molecule has 0 unspecified atom stereocenters. The van der Waals surface area contributed by atoms with Gasteiger partial charge in [0, 0.05) is 35.8 Å². The van der Waals surface area contributed by atoms with Gasteiger partial charge in [-0.15, -0.1) is 0 Å². The Labute approximate surface area is 180 Å². The summed E-state index contributed by atoms with van der Waals surface area (Å²) in [4.78, 5) is 12.8. The van der Waals surface area contributed by atoms with Crippen molar-refractivity contribution < 1.29 is 9.53 Å². The lowest BCUT2D eigenvalue weighted by Gasteiger charge is -2.09. The Morgan fingerprint density at radius 2 is 1.70 bits per heavy atom. The summed E-state index contributed by atoms with van der Waals surface area (Å²) in [6.45, 7) is 2.59. The van der Waals surface area contributed by atoms with Gasteiger partial charge in [0.05, 0.1) is 18.5 Å². The first kappa shape index (κ1) is 19.0. The fourth-order valence-electron chi connectivity index (χ4n) is 4.65. The number of carbonyl (C=O) groups is 1. The van der Waals surface area contributed by atoms with Gasteiger partial charge >= 0.3 is 0 Å². The molecule has 3 heterocycles. The number of methoxy groups -OCH3 is 1. The Hall–Kier alpha value is -2.98. The Balaban J connectivity index is 1.81. The average molecular weight is 419 g/mol. The molecule has 0 N–H and O–H groups in total. The van der Waals surface area contributed by atoms with Crippen LogP contribution >= 0.6 is 11.6 Å². The molecule has 2 aromatic carbocycles. The molecular formula is C25H23ClN2O2. The molecule has 0 aliphatic carbocycles. The van der Waals surface area contributed by atoms with Crippen molar-refractivity contribution in [3.63, 3.8) is 0 Å². The molecule has 152 valence electrons. The normalized spacial score (nSPS) is 13.4. The molecule has 1 aliphatic rings. The lowest BCUT2D eigenvalue weighted by Crippen LogP contribution is -2.00. The molecule has 0 radical (unpaired) electrons. The number of aromatic nitrogens is 2. The van der Waals surface area contributed by atoms with Gasteiger partial charge in [0.2, 0.25) is 0 Å². The molecule has 1 aliphatic heterocycles. The number of Topliss-reactive ketones (excluding diaryl/α,β-unsaturated/α-hetero) is 1. The van der Waals surface area contributed by atoms with Crippen molar-refractivity contribution in [2.45, 2.75) is 32.7 Å². The quantitative estimate of drug-likeness (QED) is 0.366. The van der Waals surface area contributed by atoms with Crippen LogP contribution in [0.25, 0.3) is 28.0 Å². The van der Waals surface area contributed by atoms with Crippen LogP contribution < -0.4 is 4.74 Å². The van der Waals surface area contributed by atoms with E-state index in [0.717, 1.165) is 70.3 Å². The van der Waals surface area contributed by atoms with E-state index in [0.29, 0.717) is 0 Å². The first-order chi connectivity index (χ1) is 14.6. The van der Waals surface area contributed by atoms with Crippen LogP contribution in [0.3, 0.4) is 0 Å². The van der Waals surface area contributed by atoms with Crippen molar-refractivity contribution in [3.8, 4) is 28.1 Å². The molecule has 0 spiro atoms. The lowest BCUT2D eigenvalue weighted by molar-refractivity contribution is 0.101. The number of hydrogen-bond donors (Lipinski definition) is 0. The minimum atomic E-state index is 0.0717. The zero-order valence-electron chi connectivity index (χ0n) is 17.1. The smallest absolute Gasteiger partial charge is 0.177 e. The van der Waals surface area contributed by atoms with Crippen molar-refractivity contribution in [1.29, 1.82) is 0 Å². The number of aryl methyl sites for hydroxylation is 2. The number of carbonyl (C=O) groups excluding carboxylic acids is 1. The first-order valence-electron chi connectivity index (χ1n) is 10.3. The summed E-state index contributed by atoms with van der Waals surface area (Å²) in [7, 11) is 1.66. The topological polar surface area (TPSA) is 35.6 Å². The van der Waals surface area contributed by atoms with Gasteiger partial charge in [0.1, 0.15) is 11.4 Å². The summed E-state index contributed by atoms with van der Waals surface area (Å²) >= 11 is 6.10. The summed E-state index contributed by atoms with van der Waals surface area (Å²) in [5.74, 6) is 0.884. The molecule has 30 heavy (non-hydrogen) atoms. The van der Waals surface area contributed by atoms with E-state index < -0.39 is 0 Å². The second-order valence-corrected chi connectivity index (χ2v) is 8.25. The molecule has 0 saturated carbocycles. The van der Waals surface area contributed by atoms with Gasteiger partial charge in [0.25, 0.3) is 0 Å². The Bertz CT molecular complexity index is 1250. The monoisotopic (exact) mass is 418 g/mol. The molecule has 2 aromatic heterocycles. The van der Waals surface area contributed by atoms with Crippen LogP contribution in [-0.4, -0.2) is 21.9 Å². The number of nitrogens with zero attached hydrogens (tertiary/aromatic N) is 2. The van der Waals surface area contributed by atoms with Crippen molar-refractivity contribution >= 4 is 23.0 Å². The highest BCUT2D eigenvalue weighted by molar-refractivity contribution is 6.30. The molecule has 0 atom stereocenters. The highest BCUT2D eigenvalue weighted by Crippen LogP contribution is 2.40. The largest absolute Gasteiger partial charge is 0.497 e. The van der Waals surface area contributed by atoms with Gasteiger partial charge < -0.3 is 9.30 Å². The van der Waals surface area contributed by atoms with E-state index in [4.69, 9.17) is 16.3 Å². The van der Waals surface area contributed by atoms with E-state index in [-0.39, 0.29) is 5.78 Å². The van der Waals surface area contributed by atoms with Crippen LogP contribution in [0, 0.1) is 0 Å². The first-order valence-corrected chi connectivity index (χ1v) is 10.6. The Morgan fingerprint density at radius 3 is 2.37 bits per heavy atom. The second-order valence-electron chi connectivity index (χ2n) is 7.81. The standard InChI is InChI=1S/C25H23ClN2O2/c1-16(29)24-23(18-8-12-20(30-2)13-9-18)21-5-3-4-14-27-22(15-28(24)25(21)27)17-6-10-19(26)11-7-17/h6-13,15H,3-5,14H2,1-2H3. The molecule has 5 rings (SSSR count). The zero-order valence-corrected chi connectivity index (χ0v) is 17.9. The third-order valence-corrected chi connectivity index (χ3v) is 6.24. The van der Waals surface area contributed by atoms with Crippen LogP contribution in [0.2, 0.25) is 5.02 Å². The SMILES string of the molecule is COc1ccc(-c2c3c4n(c(-c5ccc(Cl)cc5)cn4c2C(C)=O)CCCC3)cc1. The predicted molar refractivity (Wildman–Crippen MR) is 121 cm³/mol. The molecule has 0 fully saturated rings. The number of hydrogen-bond acceptors (Lipinski definition) is 2. The molecule has 0 amide bonds. The van der Waals surface area contributed by atoms with Crippen LogP contribution in [0.5, 0.6) is 5.75 Å². The van der Waals surface area contributed by atoms with Crippen LogP contribution in [-0.2, 0) is 13.0 Å². The molecule has 0 saturated heterocycles. The van der Waals surface area contributed by atoms with Gasteiger partial charge in [-0.3, -0.25) is 9.20 Å². The molecule has 0 bridgehead atoms. The summed E-state index contributed by atoms with van der Waals surface area (Å²) in [6.07, 6.45) is 5.28. The third-order valence-electron chi connectivity index (χ3n) is 5.99. The maximum atomic E-state index is 12.8. The van der Waals surface area contributed by atoms with Crippen LogP contribution in [0.1, 0.15) is 35.8 Å². The number of ketones is 1. The van der Waals surface area contributed by atoms with E-state index in [1.807, 2.05) is 48.5 Å². The van der Waals surface area contributed by atoms with Crippen molar-refractivity contribution in [2.75, 3.05) is 7.11 Å². The maximum Gasteiger partial charge on any atom is 0.177 e. The van der Waals surface area contributed by atoms with E-state index in [1.165, 1.54) is 5.56 Å². The maximum absolute atomic E-state index is 12.8. The van der Waals surface area contributed by atoms with Gasteiger partial charge in [-0.2, -0.15) is 0 Å². The highest BCUT2D eigenvalue weighted by atomic mass is 35.5. The van der Waals surface area contributed by atoms with Crippen LogP contribution in [0.4, 0.5) is 0 Å². The summed E-state index contributed by atoms with van der Waals surface area (Å²) in [6, 6.07) is 15.9. The fraction of sp³-hybridized carbons (Fsp3) is 0.240. The number of rotatable bonds is 4. The predicted octanol–water partition coefficient (Wildman–Crippen LogP) is 6.28.